The minimum absolute atomic E-state index is 0.0862. The predicted octanol–water partition coefficient (Wildman–Crippen LogP) is 5.49. The number of nitrogens with two attached hydrogens (primary N) is 1. The highest BCUT2D eigenvalue weighted by atomic mass is 16.7. The molecule has 4 rings (SSSR count). The van der Waals surface area contributed by atoms with Crippen LogP contribution < -0.4 is 21.3 Å². The molecule has 3 amide bonds. The number of hydrogen-bond acceptors (Lipinski definition) is 9. The third-order valence-corrected chi connectivity index (χ3v) is 7.96. The van der Waals surface area contributed by atoms with Crippen molar-refractivity contribution >= 4 is 41.3 Å². The van der Waals surface area contributed by atoms with Crippen LogP contribution in [0.15, 0.2) is 89.5 Å². The fourth-order valence-corrected chi connectivity index (χ4v) is 5.49. The third-order valence-electron chi connectivity index (χ3n) is 7.96. The van der Waals surface area contributed by atoms with Crippen molar-refractivity contribution in [2.24, 2.45) is 4.99 Å². The molecule has 1 fully saturated rings. The van der Waals surface area contributed by atoms with E-state index in [-0.39, 0.29) is 24.7 Å². The number of phenols is 1. The van der Waals surface area contributed by atoms with Gasteiger partial charge >= 0.3 is 5.97 Å². The van der Waals surface area contributed by atoms with Gasteiger partial charge in [-0.1, -0.05) is 62.4 Å². The first-order chi connectivity index (χ1) is 24.9. The molecule has 52 heavy (non-hydrogen) atoms. The van der Waals surface area contributed by atoms with E-state index < -0.39 is 36.9 Å². The molecule has 3 aromatic rings. The molecule has 12 heteroatoms. The Hall–Kier alpha value is -5.75. The van der Waals surface area contributed by atoms with Gasteiger partial charge in [0, 0.05) is 22.4 Å². The average Bonchev–Trinajstić information content (AvgIpc) is 3.49. The number of rotatable bonds is 14. The van der Waals surface area contributed by atoms with Crippen molar-refractivity contribution in [1.29, 1.82) is 0 Å². The van der Waals surface area contributed by atoms with E-state index in [1.54, 1.807) is 51.1 Å². The predicted molar refractivity (Wildman–Crippen MR) is 203 cm³/mol. The molecule has 1 heterocycles. The topological polar surface area (TPSA) is 173 Å². The number of nitrogens with zero attached hydrogens (tertiary/aromatic N) is 2. The first-order valence-corrected chi connectivity index (χ1v) is 17.2. The highest BCUT2D eigenvalue weighted by Crippen LogP contribution is 2.27. The van der Waals surface area contributed by atoms with E-state index in [1.165, 1.54) is 4.90 Å². The van der Waals surface area contributed by atoms with Gasteiger partial charge in [0.1, 0.15) is 24.5 Å². The van der Waals surface area contributed by atoms with Crippen LogP contribution >= 0.6 is 0 Å². The number of anilines is 2. The molecule has 0 bridgehead atoms. The largest absolute Gasteiger partial charge is 0.507 e. The van der Waals surface area contributed by atoms with Crippen molar-refractivity contribution in [2.75, 3.05) is 23.8 Å². The highest BCUT2D eigenvalue weighted by Gasteiger charge is 2.37. The lowest BCUT2D eigenvalue weighted by molar-refractivity contribution is -0.163. The number of hydrogen-bond donors (Lipinski definition) is 4. The monoisotopic (exact) mass is 711 g/mol. The smallest absolute Gasteiger partial charge is 0.310 e. The molecule has 1 saturated heterocycles. The van der Waals surface area contributed by atoms with Crippen LogP contribution in [-0.4, -0.2) is 66.7 Å². The molecule has 276 valence electrons. The van der Waals surface area contributed by atoms with Crippen molar-refractivity contribution in [3.63, 3.8) is 0 Å². The van der Waals surface area contributed by atoms with Crippen LogP contribution in [0.25, 0.3) is 0 Å². The Bertz CT molecular complexity index is 1800. The van der Waals surface area contributed by atoms with Gasteiger partial charge in [-0.2, -0.15) is 0 Å². The maximum atomic E-state index is 13.3. The maximum absolute atomic E-state index is 13.3. The number of cyclic esters (lactones) is 1. The van der Waals surface area contributed by atoms with Crippen LogP contribution in [0.3, 0.4) is 0 Å². The van der Waals surface area contributed by atoms with Crippen molar-refractivity contribution < 1.29 is 33.8 Å². The Morgan fingerprint density at radius 3 is 2.37 bits per heavy atom. The Kier molecular flexibility index (Phi) is 15.3. The zero-order valence-electron chi connectivity index (χ0n) is 30.8. The molecule has 1 aliphatic heterocycles. The number of nitrogens with one attached hydrogen (secondary N) is 2. The molecule has 1 aliphatic rings. The summed E-state index contributed by atoms with van der Waals surface area (Å²) in [6, 6.07) is 16.5. The van der Waals surface area contributed by atoms with Crippen molar-refractivity contribution in [3.05, 3.63) is 112 Å². The molecular weight excluding hydrogens is 662 g/mol. The summed E-state index contributed by atoms with van der Waals surface area (Å²) in [5.41, 5.74) is 10.9. The molecule has 3 unspecified atom stereocenters. The summed E-state index contributed by atoms with van der Waals surface area (Å²) in [6.45, 7) is 12.7. The lowest BCUT2D eigenvalue weighted by Gasteiger charge is -2.24. The Balaban J connectivity index is 0.00000358. The van der Waals surface area contributed by atoms with Crippen LogP contribution in [0.5, 0.6) is 5.75 Å². The van der Waals surface area contributed by atoms with Crippen LogP contribution in [0.2, 0.25) is 0 Å². The average molecular weight is 712 g/mol. The van der Waals surface area contributed by atoms with Crippen LogP contribution in [-0.2, 0) is 23.9 Å². The Morgan fingerprint density at radius 2 is 1.75 bits per heavy atom. The van der Waals surface area contributed by atoms with E-state index in [1.807, 2.05) is 76.3 Å². The number of phenolic OH excluding ortho intramolecular Hbond substituents is 1. The minimum Gasteiger partial charge on any atom is -0.507 e. The number of nitrogen functional groups attached to an aromatic ring is 1. The van der Waals surface area contributed by atoms with Crippen molar-refractivity contribution in [3.8, 4) is 5.75 Å². The number of esters is 1. The fraction of sp³-hybridized carbons (Fsp3) is 0.325. The Morgan fingerprint density at radius 1 is 1.08 bits per heavy atom. The van der Waals surface area contributed by atoms with E-state index in [2.05, 4.69) is 10.6 Å². The van der Waals surface area contributed by atoms with Crippen molar-refractivity contribution in [1.82, 2.24) is 10.6 Å². The van der Waals surface area contributed by atoms with E-state index in [4.69, 9.17) is 20.2 Å². The number of allylic oxidation sites excluding steroid dienone is 2. The number of benzene rings is 3. The summed E-state index contributed by atoms with van der Waals surface area (Å²) < 4.78 is 11.1. The molecule has 5 N–H and O–H groups in total. The van der Waals surface area contributed by atoms with E-state index in [9.17, 15) is 24.3 Å². The number of amides is 3. The second kappa shape index (κ2) is 19.6. The second-order valence-corrected chi connectivity index (χ2v) is 11.9. The summed E-state index contributed by atoms with van der Waals surface area (Å²) in [5.74, 6) is -1.32. The van der Waals surface area contributed by atoms with Crippen molar-refractivity contribution in [2.45, 2.75) is 73.4 Å². The number of carbonyl (C=O) groups is 4. The maximum Gasteiger partial charge on any atom is 0.310 e. The number of carbonyl (C=O) groups excluding carboxylic acids is 4. The summed E-state index contributed by atoms with van der Waals surface area (Å²) >= 11 is 0. The van der Waals surface area contributed by atoms with Crippen LogP contribution in [0.4, 0.5) is 11.4 Å². The Labute approximate surface area is 305 Å². The summed E-state index contributed by atoms with van der Waals surface area (Å²) in [4.78, 5) is 57.3. The minimum atomic E-state index is -0.994. The van der Waals surface area contributed by atoms with Gasteiger partial charge in [0.2, 0.25) is 18.6 Å². The third kappa shape index (κ3) is 10.9. The number of aromatic hydroxyl groups is 1. The first kappa shape index (κ1) is 40.7. The lowest BCUT2D eigenvalue weighted by atomic mass is 9.99. The summed E-state index contributed by atoms with van der Waals surface area (Å²) in [6.07, 6.45) is 4.30. The zero-order valence-corrected chi connectivity index (χ0v) is 30.8. The van der Waals surface area contributed by atoms with E-state index in [0.29, 0.717) is 51.3 Å². The van der Waals surface area contributed by atoms with Gasteiger partial charge in [0.15, 0.2) is 0 Å². The van der Waals surface area contributed by atoms with Gasteiger partial charge < -0.3 is 35.8 Å². The molecule has 3 atom stereocenters. The van der Waals surface area contributed by atoms with E-state index >= 15 is 0 Å². The van der Waals surface area contributed by atoms with Gasteiger partial charge in [-0.05, 0) is 81.7 Å². The highest BCUT2D eigenvalue weighted by molar-refractivity contribution is 6.17. The van der Waals surface area contributed by atoms with E-state index in [0.717, 1.165) is 5.57 Å². The zero-order chi connectivity index (χ0) is 38.4. The molecule has 12 nitrogen and oxygen atoms in total. The molecular formula is C40H49N5O7. The molecule has 0 aromatic heterocycles. The SMILES string of the molecule is C/C=C\C(=C/C)COC1OC(=O)CC1NC(=O)CN(C=O)c1ccc(N)cc1/C(=N\C(C)NC(=O)c1cc(C)c(O)c(C)c1)c1ccccc1.CC. The molecule has 3 aromatic carbocycles. The van der Waals surface area contributed by atoms with Gasteiger partial charge in [0.05, 0.1) is 24.4 Å². The number of aliphatic imine (C=N–C) groups is 1. The molecule has 0 spiro atoms. The van der Waals surface area contributed by atoms with Gasteiger partial charge in [-0.3, -0.25) is 24.2 Å². The molecule has 0 saturated carbocycles. The molecule has 0 radical (unpaired) electrons. The van der Waals surface area contributed by atoms with Gasteiger partial charge in [-0.25, -0.2) is 0 Å². The quantitative estimate of drug-likeness (QED) is 0.0559. The number of ether oxygens (including phenoxy) is 2. The standard InChI is InChI=1S/C38H43N5O7.C2H6/c1-6-11-26(7-2)21-49-38-31(19-34(46)50-38)42-33(45)20-43(22-44)32-15-14-29(39)18-30(32)35(27-12-9-8-10-13-27)40-25(5)41-37(48)28-16-23(3)36(47)24(4)17-28;1-2/h6-18,22,25,31,38,47H,19-21,39H2,1-5H3,(H,41,48)(H,42,45);1-2H3/b11-6-,26-7+,40-35-;. The fourth-order valence-electron chi connectivity index (χ4n) is 5.49. The first-order valence-electron chi connectivity index (χ1n) is 17.2. The summed E-state index contributed by atoms with van der Waals surface area (Å²) in [5, 5.41) is 15.8. The molecule has 0 aliphatic carbocycles. The summed E-state index contributed by atoms with van der Waals surface area (Å²) in [7, 11) is 0. The van der Waals surface area contributed by atoms with Crippen LogP contribution in [0, 0.1) is 13.8 Å². The van der Waals surface area contributed by atoms with Gasteiger partial charge in [0.25, 0.3) is 5.91 Å². The van der Waals surface area contributed by atoms with Gasteiger partial charge in [-0.15, -0.1) is 0 Å². The van der Waals surface area contributed by atoms with Crippen LogP contribution in [0.1, 0.15) is 73.7 Å². The lowest BCUT2D eigenvalue weighted by Crippen LogP contribution is -2.46. The second-order valence-electron chi connectivity index (χ2n) is 11.9. The normalized spacial score (nSPS) is 16.4. The number of aryl methyl sites for hydroxylation is 2.